The highest BCUT2D eigenvalue weighted by Crippen LogP contribution is 2.33. The number of furan rings is 1. The van der Waals surface area contributed by atoms with Crippen LogP contribution >= 0.6 is 0 Å². The molecule has 0 aliphatic carbocycles. The lowest BCUT2D eigenvalue weighted by Gasteiger charge is -2.20. The van der Waals surface area contributed by atoms with Gasteiger partial charge >= 0.3 is 0 Å². The molecular formula is C23H21N3O4. The van der Waals surface area contributed by atoms with E-state index in [4.69, 9.17) is 14.9 Å². The highest BCUT2D eigenvalue weighted by molar-refractivity contribution is 6.03. The third-order valence-electron chi connectivity index (χ3n) is 4.92. The number of nitrogens with zero attached hydrogens (tertiary/aromatic N) is 2. The lowest BCUT2D eigenvalue weighted by molar-refractivity contribution is -0.135. The van der Waals surface area contributed by atoms with Gasteiger partial charge in [-0.3, -0.25) is 9.59 Å². The topological polar surface area (TPSA) is 98.1 Å². The van der Waals surface area contributed by atoms with Gasteiger partial charge in [0.1, 0.15) is 17.6 Å². The van der Waals surface area contributed by atoms with Crippen LogP contribution in [0, 0.1) is 6.92 Å². The molecule has 0 saturated carbocycles. The average Bonchev–Trinajstić information content (AvgIpc) is 3.43. The average molecular weight is 403 g/mol. The number of ether oxygens (including phenoxy) is 1. The van der Waals surface area contributed by atoms with E-state index in [1.165, 1.54) is 5.01 Å². The minimum atomic E-state index is -0.519. The highest BCUT2D eigenvalue weighted by atomic mass is 16.5. The normalized spacial score (nSPS) is 15.7. The van der Waals surface area contributed by atoms with E-state index in [1.807, 2.05) is 37.3 Å². The molecule has 30 heavy (non-hydrogen) atoms. The first-order valence-electron chi connectivity index (χ1n) is 9.54. The maximum absolute atomic E-state index is 12.9. The molecule has 0 saturated heterocycles. The van der Waals surface area contributed by atoms with E-state index in [2.05, 4.69) is 5.10 Å². The standard InChI is InChI=1S/C23H21N3O4/c1-15-4-6-16(7-5-15)19-13-20(21-3-2-12-29-21)26(25-19)22(27)14-30-18-10-8-17(9-11-18)23(24)28/h2-12,20H,13-14H2,1H3,(H2,24,28). The number of hydrogen-bond acceptors (Lipinski definition) is 5. The van der Waals surface area contributed by atoms with Crippen LogP contribution in [0.25, 0.3) is 0 Å². The molecule has 1 aliphatic heterocycles. The van der Waals surface area contributed by atoms with Crippen molar-refractivity contribution in [3.63, 3.8) is 0 Å². The molecule has 2 N–H and O–H groups in total. The van der Waals surface area contributed by atoms with Crippen LogP contribution in [0.5, 0.6) is 5.75 Å². The highest BCUT2D eigenvalue weighted by Gasteiger charge is 2.35. The predicted octanol–water partition coefficient (Wildman–Crippen LogP) is 3.44. The Morgan fingerprint density at radius 1 is 1.13 bits per heavy atom. The first-order chi connectivity index (χ1) is 14.5. The van der Waals surface area contributed by atoms with Crippen molar-refractivity contribution in [1.82, 2.24) is 5.01 Å². The van der Waals surface area contributed by atoms with Crippen LogP contribution in [0.1, 0.15) is 39.7 Å². The van der Waals surface area contributed by atoms with Crippen molar-refractivity contribution in [2.45, 2.75) is 19.4 Å². The number of benzene rings is 2. The van der Waals surface area contributed by atoms with Crippen LogP contribution in [0.3, 0.4) is 0 Å². The number of amides is 2. The van der Waals surface area contributed by atoms with E-state index in [0.717, 1.165) is 16.8 Å². The Kier molecular flexibility index (Phi) is 5.34. The second kappa shape index (κ2) is 8.24. The molecule has 0 spiro atoms. The quantitative estimate of drug-likeness (QED) is 0.682. The first kappa shape index (κ1) is 19.4. The van der Waals surface area contributed by atoms with Gasteiger partial charge in [0.25, 0.3) is 5.91 Å². The number of aryl methyl sites for hydroxylation is 1. The molecule has 3 aromatic rings. The Morgan fingerprint density at radius 3 is 2.50 bits per heavy atom. The van der Waals surface area contributed by atoms with Gasteiger partial charge in [-0.1, -0.05) is 29.8 Å². The van der Waals surface area contributed by atoms with Crippen molar-refractivity contribution in [3.8, 4) is 5.75 Å². The minimum Gasteiger partial charge on any atom is -0.484 e. The monoisotopic (exact) mass is 403 g/mol. The van der Waals surface area contributed by atoms with Crippen molar-refractivity contribution >= 4 is 17.5 Å². The van der Waals surface area contributed by atoms with Gasteiger partial charge in [0.2, 0.25) is 5.91 Å². The number of rotatable bonds is 6. The lowest BCUT2D eigenvalue weighted by atomic mass is 10.0. The summed E-state index contributed by atoms with van der Waals surface area (Å²) < 4.78 is 11.1. The molecule has 0 bridgehead atoms. The molecule has 0 fully saturated rings. The summed E-state index contributed by atoms with van der Waals surface area (Å²) in [4.78, 5) is 24.1. The van der Waals surface area contributed by atoms with Gasteiger partial charge < -0.3 is 14.9 Å². The van der Waals surface area contributed by atoms with E-state index < -0.39 is 5.91 Å². The van der Waals surface area contributed by atoms with Gasteiger partial charge in [0, 0.05) is 12.0 Å². The zero-order valence-electron chi connectivity index (χ0n) is 16.4. The third kappa shape index (κ3) is 4.10. The summed E-state index contributed by atoms with van der Waals surface area (Å²) in [5.41, 5.74) is 8.55. The van der Waals surface area contributed by atoms with Crippen LogP contribution < -0.4 is 10.5 Å². The maximum Gasteiger partial charge on any atom is 0.281 e. The van der Waals surface area contributed by atoms with E-state index in [9.17, 15) is 9.59 Å². The maximum atomic E-state index is 12.9. The molecule has 152 valence electrons. The Balaban J connectivity index is 1.51. The smallest absolute Gasteiger partial charge is 0.281 e. The summed E-state index contributed by atoms with van der Waals surface area (Å²) in [5.74, 6) is 0.316. The summed E-state index contributed by atoms with van der Waals surface area (Å²) in [7, 11) is 0. The largest absolute Gasteiger partial charge is 0.484 e. The van der Waals surface area contributed by atoms with Gasteiger partial charge in [-0.15, -0.1) is 0 Å². The number of carbonyl (C=O) groups excluding carboxylic acids is 2. The molecule has 1 unspecified atom stereocenters. The van der Waals surface area contributed by atoms with Crippen molar-refractivity contribution < 1.29 is 18.7 Å². The number of hydrazone groups is 1. The molecule has 1 aromatic heterocycles. The van der Waals surface area contributed by atoms with Crippen molar-refractivity contribution in [3.05, 3.63) is 89.4 Å². The zero-order valence-corrected chi connectivity index (χ0v) is 16.4. The minimum absolute atomic E-state index is 0.197. The summed E-state index contributed by atoms with van der Waals surface area (Å²) in [6.45, 7) is 1.83. The third-order valence-corrected chi connectivity index (χ3v) is 4.92. The van der Waals surface area contributed by atoms with Crippen LogP contribution in [-0.2, 0) is 4.79 Å². The van der Waals surface area contributed by atoms with Gasteiger partial charge in [0.05, 0.1) is 12.0 Å². The molecule has 1 aliphatic rings. The molecule has 2 amide bonds. The van der Waals surface area contributed by atoms with Gasteiger partial charge in [-0.25, -0.2) is 5.01 Å². The SMILES string of the molecule is Cc1ccc(C2=NN(C(=O)COc3ccc(C(N)=O)cc3)C(c3ccco3)C2)cc1. The molecule has 2 aromatic carbocycles. The van der Waals surface area contributed by atoms with Crippen molar-refractivity contribution in [2.24, 2.45) is 10.8 Å². The Hall–Kier alpha value is -3.87. The molecule has 1 atom stereocenters. The van der Waals surface area contributed by atoms with Crippen LogP contribution in [0.2, 0.25) is 0 Å². The van der Waals surface area contributed by atoms with Gasteiger partial charge in [0.15, 0.2) is 6.61 Å². The second-order valence-electron chi connectivity index (χ2n) is 7.06. The van der Waals surface area contributed by atoms with E-state index >= 15 is 0 Å². The van der Waals surface area contributed by atoms with Crippen LogP contribution in [-0.4, -0.2) is 29.1 Å². The van der Waals surface area contributed by atoms with E-state index in [0.29, 0.717) is 23.5 Å². The van der Waals surface area contributed by atoms with Gasteiger partial charge in [-0.05, 0) is 48.9 Å². The number of hydrogen-bond donors (Lipinski definition) is 1. The predicted molar refractivity (Wildman–Crippen MR) is 111 cm³/mol. The number of primary amides is 1. The van der Waals surface area contributed by atoms with Crippen molar-refractivity contribution in [2.75, 3.05) is 6.61 Å². The Bertz CT molecular complexity index is 1070. The zero-order chi connectivity index (χ0) is 21.1. The van der Waals surface area contributed by atoms with Gasteiger partial charge in [-0.2, -0.15) is 5.10 Å². The summed E-state index contributed by atoms with van der Waals surface area (Å²) in [6.07, 6.45) is 2.13. The van der Waals surface area contributed by atoms with Crippen LogP contribution in [0.15, 0.2) is 76.4 Å². The second-order valence-corrected chi connectivity index (χ2v) is 7.06. The molecule has 7 heteroatoms. The summed E-state index contributed by atoms with van der Waals surface area (Å²) >= 11 is 0. The van der Waals surface area contributed by atoms with Crippen molar-refractivity contribution in [1.29, 1.82) is 0 Å². The molecule has 2 heterocycles. The molecule has 7 nitrogen and oxygen atoms in total. The molecular weight excluding hydrogens is 382 g/mol. The summed E-state index contributed by atoms with van der Waals surface area (Å²) in [6, 6.07) is 17.6. The fraction of sp³-hybridized carbons (Fsp3) is 0.174. The first-order valence-corrected chi connectivity index (χ1v) is 9.54. The van der Waals surface area contributed by atoms with E-state index in [-0.39, 0.29) is 18.6 Å². The lowest BCUT2D eigenvalue weighted by Crippen LogP contribution is -2.31. The van der Waals surface area contributed by atoms with Crippen LogP contribution in [0.4, 0.5) is 0 Å². The Labute approximate surface area is 173 Å². The molecule has 0 radical (unpaired) electrons. The summed E-state index contributed by atoms with van der Waals surface area (Å²) in [5, 5.41) is 6.00. The Morgan fingerprint density at radius 2 is 1.87 bits per heavy atom. The number of nitrogens with two attached hydrogens (primary N) is 1. The fourth-order valence-corrected chi connectivity index (χ4v) is 3.29. The van der Waals surface area contributed by atoms with E-state index in [1.54, 1.807) is 36.6 Å². The molecule has 4 rings (SSSR count). The fourth-order valence-electron chi connectivity index (χ4n) is 3.29. The number of carbonyl (C=O) groups is 2.